The standard InChI is InChI=1S/C13H20N2O2/c16-9-11-7-15(10-14-11)8-12-3-6-13(17-12)4-1-2-5-13/h7,10,12,16H,1-6,8-9H2. The zero-order valence-corrected chi connectivity index (χ0v) is 10.1. The molecule has 17 heavy (non-hydrogen) atoms. The Morgan fingerprint density at radius 1 is 1.41 bits per heavy atom. The molecule has 1 spiro atoms. The summed E-state index contributed by atoms with van der Waals surface area (Å²) in [5.74, 6) is 0. The minimum Gasteiger partial charge on any atom is -0.390 e. The average molecular weight is 236 g/mol. The summed E-state index contributed by atoms with van der Waals surface area (Å²) >= 11 is 0. The third-order valence-corrected chi connectivity index (χ3v) is 4.12. The first-order chi connectivity index (χ1) is 8.30. The van der Waals surface area contributed by atoms with Crippen LogP contribution in [0.1, 0.15) is 44.2 Å². The molecule has 2 aliphatic rings. The smallest absolute Gasteiger partial charge is 0.0951 e. The Kier molecular flexibility index (Phi) is 2.92. The number of aliphatic hydroxyl groups excluding tert-OH is 1. The number of hydrogen-bond donors (Lipinski definition) is 1. The van der Waals surface area contributed by atoms with Crippen molar-refractivity contribution in [3.05, 3.63) is 18.2 Å². The van der Waals surface area contributed by atoms with Gasteiger partial charge >= 0.3 is 0 Å². The molecular weight excluding hydrogens is 216 g/mol. The maximum atomic E-state index is 8.97. The van der Waals surface area contributed by atoms with Crippen molar-refractivity contribution < 1.29 is 9.84 Å². The molecule has 4 nitrogen and oxygen atoms in total. The summed E-state index contributed by atoms with van der Waals surface area (Å²) in [6.07, 6.45) is 11.5. The van der Waals surface area contributed by atoms with Crippen molar-refractivity contribution in [1.82, 2.24) is 9.55 Å². The van der Waals surface area contributed by atoms with E-state index < -0.39 is 0 Å². The SMILES string of the molecule is OCc1cn(CC2CCC3(CCCC3)O2)cn1. The normalized spacial score (nSPS) is 27.0. The van der Waals surface area contributed by atoms with E-state index in [9.17, 15) is 0 Å². The Morgan fingerprint density at radius 3 is 2.94 bits per heavy atom. The van der Waals surface area contributed by atoms with E-state index in [1.165, 1.54) is 32.1 Å². The topological polar surface area (TPSA) is 47.3 Å². The minimum absolute atomic E-state index is 0.0163. The molecule has 1 aromatic rings. The highest BCUT2D eigenvalue weighted by Gasteiger charge is 2.42. The van der Waals surface area contributed by atoms with E-state index >= 15 is 0 Å². The van der Waals surface area contributed by atoms with Crippen LogP contribution in [0.3, 0.4) is 0 Å². The van der Waals surface area contributed by atoms with Gasteiger partial charge in [0, 0.05) is 12.7 Å². The molecule has 1 N–H and O–H groups in total. The van der Waals surface area contributed by atoms with Gasteiger partial charge in [0.25, 0.3) is 0 Å². The number of hydrogen-bond acceptors (Lipinski definition) is 3. The predicted octanol–water partition coefficient (Wildman–Crippen LogP) is 1.87. The van der Waals surface area contributed by atoms with Gasteiger partial charge in [-0.3, -0.25) is 0 Å². The van der Waals surface area contributed by atoms with E-state index in [2.05, 4.69) is 4.98 Å². The minimum atomic E-state index is 0.0163. The van der Waals surface area contributed by atoms with Crippen LogP contribution in [0.4, 0.5) is 0 Å². The van der Waals surface area contributed by atoms with Crippen LogP contribution >= 0.6 is 0 Å². The zero-order chi connectivity index (χ0) is 11.7. The molecule has 1 saturated carbocycles. The van der Waals surface area contributed by atoms with Crippen LogP contribution in [0, 0.1) is 0 Å². The van der Waals surface area contributed by atoms with Gasteiger partial charge in [-0.2, -0.15) is 0 Å². The van der Waals surface area contributed by atoms with E-state index in [0.717, 1.165) is 18.7 Å². The summed E-state index contributed by atoms with van der Waals surface area (Å²) in [6, 6.07) is 0. The highest BCUT2D eigenvalue weighted by molar-refractivity contribution is 4.96. The summed E-state index contributed by atoms with van der Waals surface area (Å²) in [6.45, 7) is 0.886. The quantitative estimate of drug-likeness (QED) is 0.871. The molecule has 94 valence electrons. The lowest BCUT2D eigenvalue weighted by Gasteiger charge is -2.23. The van der Waals surface area contributed by atoms with Crippen molar-refractivity contribution in [2.45, 2.75) is 63.4 Å². The van der Waals surface area contributed by atoms with E-state index in [1.807, 2.05) is 10.8 Å². The van der Waals surface area contributed by atoms with Gasteiger partial charge in [-0.1, -0.05) is 12.8 Å². The number of imidazole rings is 1. The van der Waals surface area contributed by atoms with Crippen LogP contribution < -0.4 is 0 Å². The first kappa shape index (κ1) is 11.2. The first-order valence-electron chi connectivity index (χ1n) is 6.59. The second-order valence-electron chi connectivity index (χ2n) is 5.39. The maximum Gasteiger partial charge on any atom is 0.0951 e. The average Bonchev–Trinajstić information content (AvgIpc) is 3.03. The van der Waals surface area contributed by atoms with Gasteiger partial charge < -0.3 is 14.4 Å². The van der Waals surface area contributed by atoms with Crippen molar-refractivity contribution >= 4 is 0 Å². The highest BCUT2D eigenvalue weighted by Crippen LogP contribution is 2.43. The lowest BCUT2D eigenvalue weighted by Crippen LogP contribution is -2.26. The molecule has 1 aliphatic heterocycles. The van der Waals surface area contributed by atoms with E-state index in [-0.39, 0.29) is 12.2 Å². The van der Waals surface area contributed by atoms with Crippen molar-refractivity contribution in [1.29, 1.82) is 0 Å². The molecule has 1 aliphatic carbocycles. The van der Waals surface area contributed by atoms with Crippen LogP contribution in [-0.2, 0) is 17.9 Å². The first-order valence-corrected chi connectivity index (χ1v) is 6.59. The van der Waals surface area contributed by atoms with E-state index in [1.54, 1.807) is 6.33 Å². The van der Waals surface area contributed by atoms with Gasteiger partial charge in [-0.25, -0.2) is 4.98 Å². The zero-order valence-electron chi connectivity index (χ0n) is 10.1. The third kappa shape index (κ3) is 2.24. The van der Waals surface area contributed by atoms with Crippen LogP contribution in [0.15, 0.2) is 12.5 Å². The lowest BCUT2D eigenvalue weighted by molar-refractivity contribution is -0.0418. The predicted molar refractivity (Wildman–Crippen MR) is 63.5 cm³/mol. The molecule has 0 bridgehead atoms. The van der Waals surface area contributed by atoms with Gasteiger partial charge in [0.2, 0.25) is 0 Å². The number of nitrogens with zero attached hydrogens (tertiary/aromatic N) is 2. The molecule has 2 fully saturated rings. The lowest BCUT2D eigenvalue weighted by atomic mass is 9.98. The number of rotatable bonds is 3. The molecule has 3 rings (SSSR count). The van der Waals surface area contributed by atoms with Crippen LogP contribution in [-0.4, -0.2) is 26.4 Å². The van der Waals surface area contributed by atoms with Crippen molar-refractivity contribution in [3.63, 3.8) is 0 Å². The summed E-state index contributed by atoms with van der Waals surface area (Å²) in [5, 5.41) is 8.97. The Bertz CT molecular complexity index is 383. The fourth-order valence-electron chi connectivity index (χ4n) is 3.23. The van der Waals surface area contributed by atoms with Crippen molar-refractivity contribution in [2.75, 3.05) is 0 Å². The summed E-state index contributed by atoms with van der Waals surface area (Å²) in [7, 11) is 0. The maximum absolute atomic E-state index is 8.97. The molecule has 0 radical (unpaired) electrons. The van der Waals surface area contributed by atoms with Gasteiger partial charge in [-0.15, -0.1) is 0 Å². The number of aliphatic hydroxyl groups is 1. The fraction of sp³-hybridized carbons (Fsp3) is 0.769. The van der Waals surface area contributed by atoms with Gasteiger partial charge in [0.1, 0.15) is 0 Å². The summed E-state index contributed by atoms with van der Waals surface area (Å²) in [5.41, 5.74) is 0.948. The van der Waals surface area contributed by atoms with Crippen LogP contribution in [0.5, 0.6) is 0 Å². The summed E-state index contributed by atoms with van der Waals surface area (Å²) < 4.78 is 8.28. The monoisotopic (exact) mass is 236 g/mol. The molecule has 1 atom stereocenters. The number of ether oxygens (including phenoxy) is 1. The molecule has 0 amide bonds. The molecule has 1 saturated heterocycles. The molecule has 1 aromatic heterocycles. The number of aromatic nitrogens is 2. The third-order valence-electron chi connectivity index (χ3n) is 4.12. The highest BCUT2D eigenvalue weighted by atomic mass is 16.5. The fourth-order valence-corrected chi connectivity index (χ4v) is 3.23. The molecular formula is C13H20N2O2. The van der Waals surface area contributed by atoms with Crippen molar-refractivity contribution in [3.8, 4) is 0 Å². The van der Waals surface area contributed by atoms with Crippen molar-refractivity contribution in [2.24, 2.45) is 0 Å². The second kappa shape index (κ2) is 4.42. The van der Waals surface area contributed by atoms with Gasteiger partial charge in [-0.05, 0) is 25.7 Å². The van der Waals surface area contributed by atoms with Gasteiger partial charge in [0.15, 0.2) is 0 Å². The van der Waals surface area contributed by atoms with E-state index in [4.69, 9.17) is 9.84 Å². The van der Waals surface area contributed by atoms with Crippen LogP contribution in [0.2, 0.25) is 0 Å². The Hall–Kier alpha value is -0.870. The Labute approximate surface area is 102 Å². The van der Waals surface area contributed by atoms with Gasteiger partial charge in [0.05, 0.1) is 30.3 Å². The second-order valence-corrected chi connectivity index (χ2v) is 5.39. The largest absolute Gasteiger partial charge is 0.390 e. The molecule has 2 heterocycles. The molecule has 0 aromatic carbocycles. The molecule has 4 heteroatoms. The Morgan fingerprint density at radius 2 is 2.24 bits per heavy atom. The van der Waals surface area contributed by atoms with Crippen LogP contribution in [0.25, 0.3) is 0 Å². The Balaban J connectivity index is 1.59. The molecule has 1 unspecified atom stereocenters. The van der Waals surface area contributed by atoms with E-state index in [0.29, 0.717) is 6.10 Å². The summed E-state index contributed by atoms with van der Waals surface area (Å²) in [4.78, 5) is 4.12.